The minimum Gasteiger partial charge on any atom is -0.462 e. The van der Waals surface area contributed by atoms with Crippen molar-refractivity contribution in [1.29, 1.82) is 0 Å². The second kappa shape index (κ2) is 47.3. The van der Waals surface area contributed by atoms with Crippen LogP contribution in [0.3, 0.4) is 0 Å². The van der Waals surface area contributed by atoms with Crippen LogP contribution in [-0.4, -0.2) is 37.2 Å². The van der Waals surface area contributed by atoms with Crippen molar-refractivity contribution in [1.82, 2.24) is 0 Å². The van der Waals surface area contributed by atoms with E-state index in [0.29, 0.717) is 12.8 Å². The minimum absolute atomic E-state index is 0.125. The molecule has 0 aromatic heterocycles. The zero-order chi connectivity index (χ0) is 43.0. The van der Waals surface area contributed by atoms with Crippen molar-refractivity contribution < 1.29 is 28.6 Å². The molecule has 0 fully saturated rings. The summed E-state index contributed by atoms with van der Waals surface area (Å²) in [6.45, 7) is 6.38. The largest absolute Gasteiger partial charge is 0.462 e. The molecule has 1 unspecified atom stereocenters. The molecule has 0 aliphatic carbocycles. The molecule has 0 spiro atoms. The fraction of sp³-hybridized carbons (Fsp3) is 0.679. The third-order valence-corrected chi connectivity index (χ3v) is 9.85. The number of esters is 3. The molecule has 0 saturated heterocycles. The van der Waals surface area contributed by atoms with E-state index in [9.17, 15) is 14.4 Å². The number of rotatable bonds is 42. The molecule has 59 heavy (non-hydrogen) atoms. The third kappa shape index (κ3) is 45.5. The predicted molar refractivity (Wildman–Crippen MR) is 251 cm³/mol. The number of hydrogen-bond donors (Lipinski definition) is 0. The first-order valence-electron chi connectivity index (χ1n) is 24.1. The lowest BCUT2D eigenvalue weighted by Crippen LogP contribution is -2.30. The van der Waals surface area contributed by atoms with Gasteiger partial charge >= 0.3 is 17.9 Å². The van der Waals surface area contributed by atoms with Gasteiger partial charge in [-0.05, 0) is 103 Å². The lowest BCUT2D eigenvalue weighted by Gasteiger charge is -2.18. The van der Waals surface area contributed by atoms with E-state index < -0.39 is 6.10 Å². The van der Waals surface area contributed by atoms with Crippen molar-refractivity contribution >= 4 is 17.9 Å². The van der Waals surface area contributed by atoms with E-state index >= 15 is 0 Å². The number of ether oxygens (including phenoxy) is 3. The van der Waals surface area contributed by atoms with Gasteiger partial charge in [0.1, 0.15) is 13.2 Å². The van der Waals surface area contributed by atoms with Crippen LogP contribution in [0.2, 0.25) is 0 Å². The van der Waals surface area contributed by atoms with Crippen molar-refractivity contribution in [3.63, 3.8) is 0 Å². The van der Waals surface area contributed by atoms with E-state index in [1.165, 1.54) is 83.5 Å². The highest BCUT2D eigenvalue weighted by Crippen LogP contribution is 2.11. The van der Waals surface area contributed by atoms with Crippen molar-refractivity contribution in [2.45, 2.75) is 219 Å². The van der Waals surface area contributed by atoms with Gasteiger partial charge in [-0.3, -0.25) is 14.4 Å². The SMILES string of the molecule is CC/C=C\C/C=C\C/C=C\CCCC(=O)OCC(COC(=O)CCC/C=C\C/C=C\C/C=C\CCCCCCCC)OC(=O)CCCCC/C=C\CCCCCCCC. The summed E-state index contributed by atoms with van der Waals surface area (Å²) in [4.78, 5) is 37.8. The molecule has 0 amide bonds. The van der Waals surface area contributed by atoms with Gasteiger partial charge in [0.15, 0.2) is 6.10 Å². The summed E-state index contributed by atoms with van der Waals surface area (Å²) in [5, 5.41) is 0. The third-order valence-electron chi connectivity index (χ3n) is 9.85. The van der Waals surface area contributed by atoms with Crippen LogP contribution in [0.5, 0.6) is 0 Å². The van der Waals surface area contributed by atoms with Gasteiger partial charge in [0.05, 0.1) is 0 Å². The highest BCUT2D eigenvalue weighted by molar-refractivity contribution is 5.71. The Bertz CT molecular complexity index is 1170. The number of carbonyl (C=O) groups excluding carboxylic acids is 3. The summed E-state index contributed by atoms with van der Waals surface area (Å²) in [6, 6.07) is 0. The molecule has 0 bridgehead atoms. The van der Waals surface area contributed by atoms with Crippen molar-refractivity contribution in [3.8, 4) is 0 Å². The summed E-state index contributed by atoms with van der Waals surface area (Å²) in [6.07, 6.45) is 60.1. The molecule has 6 nitrogen and oxygen atoms in total. The predicted octanol–water partition coefficient (Wildman–Crippen LogP) is 15.6. The molecule has 0 saturated carbocycles. The molecule has 0 rings (SSSR count). The quantitative estimate of drug-likeness (QED) is 0.0264. The average Bonchev–Trinajstić information content (AvgIpc) is 3.23. The fourth-order valence-corrected chi connectivity index (χ4v) is 6.24. The monoisotopic (exact) mass is 821 g/mol. The highest BCUT2D eigenvalue weighted by Gasteiger charge is 2.19. The Balaban J connectivity index is 4.53. The topological polar surface area (TPSA) is 78.9 Å². The first kappa shape index (κ1) is 55.6. The van der Waals surface area contributed by atoms with Gasteiger partial charge in [0.2, 0.25) is 0 Å². The van der Waals surface area contributed by atoms with Crippen LogP contribution < -0.4 is 0 Å². The normalized spacial score (nSPS) is 12.8. The summed E-state index contributed by atoms with van der Waals surface area (Å²) < 4.78 is 16.6. The van der Waals surface area contributed by atoms with Crippen LogP contribution in [0, 0.1) is 0 Å². The Kier molecular flexibility index (Phi) is 44.5. The first-order valence-corrected chi connectivity index (χ1v) is 24.1. The van der Waals surface area contributed by atoms with Crippen molar-refractivity contribution in [2.75, 3.05) is 13.2 Å². The lowest BCUT2D eigenvalue weighted by atomic mass is 10.1. The van der Waals surface area contributed by atoms with E-state index in [4.69, 9.17) is 14.2 Å². The lowest BCUT2D eigenvalue weighted by molar-refractivity contribution is -0.167. The van der Waals surface area contributed by atoms with E-state index in [2.05, 4.69) is 106 Å². The molecule has 336 valence electrons. The molecular weight excluding hydrogens is 733 g/mol. The number of carbonyl (C=O) groups is 3. The number of allylic oxidation sites excluding steroid dienone is 14. The van der Waals surface area contributed by atoms with Crippen molar-refractivity contribution in [3.05, 3.63) is 85.1 Å². The van der Waals surface area contributed by atoms with Crippen LogP contribution in [0.4, 0.5) is 0 Å². The average molecular weight is 821 g/mol. The summed E-state index contributed by atoms with van der Waals surface area (Å²) in [5.41, 5.74) is 0. The Morgan fingerprint density at radius 1 is 0.356 bits per heavy atom. The smallest absolute Gasteiger partial charge is 0.306 e. The zero-order valence-electron chi connectivity index (χ0n) is 38.2. The van der Waals surface area contributed by atoms with Crippen LogP contribution >= 0.6 is 0 Å². The highest BCUT2D eigenvalue weighted by atomic mass is 16.6. The number of hydrogen-bond acceptors (Lipinski definition) is 6. The maximum absolute atomic E-state index is 12.7. The molecule has 0 aromatic rings. The molecule has 0 aromatic carbocycles. The van der Waals surface area contributed by atoms with E-state index in [-0.39, 0.29) is 50.4 Å². The van der Waals surface area contributed by atoms with Crippen LogP contribution in [0.25, 0.3) is 0 Å². The fourth-order valence-electron chi connectivity index (χ4n) is 6.24. The molecule has 0 radical (unpaired) electrons. The minimum atomic E-state index is -0.823. The van der Waals surface area contributed by atoms with E-state index in [1.807, 2.05) is 0 Å². The Hall–Kier alpha value is -3.41. The standard InChI is InChI=1S/C53H88O6/c1-4-7-10-13-16-19-22-24-25-26-27-29-31-34-37-40-43-46-52(55)58-49-50(48-57-51(54)45-42-39-36-33-30-21-18-15-12-9-6-3)59-53(56)47-44-41-38-35-32-28-23-20-17-14-11-8-5-2/h9,12,18,21,24-25,27-29,32-34,36-37,50H,4-8,10-11,13-17,19-20,22-23,26,30-31,35,38-49H2,1-3H3/b12-9-,21-18-,25-24-,29-27-,32-28-,36-33-,37-34-. The van der Waals surface area contributed by atoms with Crippen LogP contribution in [0.15, 0.2) is 85.1 Å². The Morgan fingerprint density at radius 3 is 1.10 bits per heavy atom. The van der Waals surface area contributed by atoms with E-state index in [1.54, 1.807) is 0 Å². The number of unbranched alkanes of at least 4 members (excludes halogenated alkanes) is 17. The first-order chi connectivity index (χ1) is 29.0. The molecular formula is C53H88O6. The van der Waals surface area contributed by atoms with Gasteiger partial charge in [0, 0.05) is 19.3 Å². The Labute approximate surface area is 363 Å². The summed E-state index contributed by atoms with van der Waals surface area (Å²) in [7, 11) is 0. The summed E-state index contributed by atoms with van der Waals surface area (Å²) in [5.74, 6) is -1.05. The van der Waals surface area contributed by atoms with Gasteiger partial charge in [-0.1, -0.05) is 176 Å². The second-order valence-corrected chi connectivity index (χ2v) is 15.6. The zero-order valence-corrected chi connectivity index (χ0v) is 38.2. The van der Waals surface area contributed by atoms with Gasteiger partial charge in [-0.15, -0.1) is 0 Å². The molecule has 0 aliphatic rings. The maximum atomic E-state index is 12.7. The van der Waals surface area contributed by atoms with Gasteiger partial charge < -0.3 is 14.2 Å². The molecule has 0 aliphatic heterocycles. The van der Waals surface area contributed by atoms with Crippen LogP contribution in [-0.2, 0) is 28.6 Å². The van der Waals surface area contributed by atoms with Crippen LogP contribution in [0.1, 0.15) is 213 Å². The maximum Gasteiger partial charge on any atom is 0.306 e. The molecule has 0 heterocycles. The molecule has 6 heteroatoms. The molecule has 0 N–H and O–H groups in total. The second-order valence-electron chi connectivity index (χ2n) is 15.6. The van der Waals surface area contributed by atoms with Gasteiger partial charge in [-0.2, -0.15) is 0 Å². The molecule has 1 atom stereocenters. The van der Waals surface area contributed by atoms with Gasteiger partial charge in [-0.25, -0.2) is 0 Å². The van der Waals surface area contributed by atoms with Crippen molar-refractivity contribution in [2.24, 2.45) is 0 Å². The van der Waals surface area contributed by atoms with Gasteiger partial charge in [0.25, 0.3) is 0 Å². The summed E-state index contributed by atoms with van der Waals surface area (Å²) >= 11 is 0. The van der Waals surface area contributed by atoms with E-state index in [0.717, 1.165) is 77.0 Å². The Morgan fingerprint density at radius 2 is 0.678 bits per heavy atom.